The Hall–Kier alpha value is -1.43. The molecular formula is C22H19Cl5O4. The number of ether oxygens (including phenoxy) is 2. The van der Waals surface area contributed by atoms with Gasteiger partial charge in [0.05, 0.1) is 20.1 Å². The molecular weight excluding hydrogens is 506 g/mol. The molecule has 0 radical (unpaired) electrons. The Bertz CT molecular complexity index is 930. The fourth-order valence-corrected chi connectivity index (χ4v) is 3.91. The van der Waals surface area contributed by atoms with Crippen molar-refractivity contribution in [1.29, 1.82) is 0 Å². The summed E-state index contributed by atoms with van der Waals surface area (Å²) in [5.74, 6) is -1.64. The van der Waals surface area contributed by atoms with Crippen LogP contribution in [0.4, 0.5) is 0 Å². The van der Waals surface area contributed by atoms with Crippen molar-refractivity contribution in [2.24, 2.45) is 11.8 Å². The van der Waals surface area contributed by atoms with Crippen LogP contribution in [0.15, 0.2) is 59.1 Å². The third-order valence-electron chi connectivity index (χ3n) is 4.65. The first kappa shape index (κ1) is 25.8. The molecule has 0 aliphatic carbocycles. The van der Waals surface area contributed by atoms with Crippen molar-refractivity contribution in [1.82, 2.24) is 0 Å². The second kappa shape index (κ2) is 11.4. The van der Waals surface area contributed by atoms with E-state index in [0.717, 1.165) is 0 Å². The van der Waals surface area contributed by atoms with Crippen molar-refractivity contribution >= 4 is 69.6 Å². The molecule has 0 aliphatic rings. The predicted molar refractivity (Wildman–Crippen MR) is 126 cm³/mol. The Balaban J connectivity index is 2.40. The number of allylic oxidation sites excluding steroid dienone is 1. The molecule has 2 aromatic carbocycles. The fourth-order valence-electron chi connectivity index (χ4n) is 3.00. The number of hydrogen-bond acceptors (Lipinski definition) is 4. The maximum atomic E-state index is 13.3. The highest BCUT2D eigenvalue weighted by Crippen LogP contribution is 2.44. The molecule has 0 aliphatic heterocycles. The Morgan fingerprint density at radius 1 is 0.871 bits per heavy atom. The summed E-state index contributed by atoms with van der Waals surface area (Å²) >= 11 is 30.3. The Kier molecular flexibility index (Phi) is 9.53. The summed E-state index contributed by atoms with van der Waals surface area (Å²) in [6.45, 7) is 0. The minimum absolute atomic E-state index is 0.178. The Labute approximate surface area is 206 Å². The standard InChI is InChI=1S/C22H19Cl5O4/c1-30-15-7-3-13(4-8-15)19(28)12-18(22(25,26)27)17(11-20(23)24)21(29)14-5-9-16(31-2)10-6-14/h3-11,17-18H,12H2,1-2H3. The highest BCUT2D eigenvalue weighted by Gasteiger charge is 2.42. The normalized spacial score (nSPS) is 13.1. The molecule has 0 bridgehead atoms. The van der Waals surface area contributed by atoms with Gasteiger partial charge in [0, 0.05) is 23.5 Å². The monoisotopic (exact) mass is 522 g/mol. The summed E-state index contributed by atoms with van der Waals surface area (Å²) in [6, 6.07) is 12.9. The van der Waals surface area contributed by atoms with E-state index in [1.54, 1.807) is 48.5 Å². The molecule has 2 rings (SSSR count). The number of Topliss-reactive ketones (excluding diaryl/α,β-unsaturated/α-hetero) is 2. The average molecular weight is 525 g/mol. The molecule has 0 heterocycles. The number of benzene rings is 2. The van der Waals surface area contributed by atoms with Gasteiger partial charge in [-0.05, 0) is 54.6 Å². The van der Waals surface area contributed by atoms with E-state index < -0.39 is 21.4 Å². The highest BCUT2D eigenvalue weighted by molar-refractivity contribution is 6.68. The molecule has 2 aromatic rings. The van der Waals surface area contributed by atoms with Crippen LogP contribution < -0.4 is 9.47 Å². The molecule has 0 spiro atoms. The fraction of sp³-hybridized carbons (Fsp3) is 0.273. The van der Waals surface area contributed by atoms with Crippen LogP contribution in [0, 0.1) is 11.8 Å². The second-order valence-electron chi connectivity index (χ2n) is 6.58. The van der Waals surface area contributed by atoms with Gasteiger partial charge in [-0.15, -0.1) is 0 Å². The third kappa shape index (κ3) is 7.30. The maximum Gasteiger partial charge on any atom is 0.194 e. The van der Waals surface area contributed by atoms with Crippen LogP contribution in [-0.4, -0.2) is 29.6 Å². The summed E-state index contributed by atoms with van der Waals surface area (Å²) in [5, 5.41) is 0. The first-order valence-electron chi connectivity index (χ1n) is 9.02. The van der Waals surface area contributed by atoms with E-state index in [0.29, 0.717) is 22.6 Å². The lowest BCUT2D eigenvalue weighted by atomic mass is 9.82. The smallest absolute Gasteiger partial charge is 0.194 e. The van der Waals surface area contributed by atoms with Crippen molar-refractivity contribution < 1.29 is 19.1 Å². The summed E-state index contributed by atoms with van der Waals surface area (Å²) in [5.41, 5.74) is 0.712. The first-order valence-corrected chi connectivity index (χ1v) is 10.9. The van der Waals surface area contributed by atoms with Gasteiger partial charge in [0.1, 0.15) is 16.0 Å². The highest BCUT2D eigenvalue weighted by atomic mass is 35.6. The zero-order chi connectivity index (χ0) is 23.2. The number of alkyl halides is 3. The van der Waals surface area contributed by atoms with Crippen LogP contribution in [-0.2, 0) is 0 Å². The zero-order valence-electron chi connectivity index (χ0n) is 16.6. The molecule has 0 aromatic heterocycles. The van der Waals surface area contributed by atoms with Gasteiger partial charge in [-0.25, -0.2) is 0 Å². The van der Waals surface area contributed by atoms with Crippen LogP contribution >= 0.6 is 58.0 Å². The van der Waals surface area contributed by atoms with E-state index in [9.17, 15) is 9.59 Å². The number of carbonyl (C=O) groups excluding carboxylic acids is 2. The predicted octanol–water partition coefficient (Wildman–Crippen LogP) is 7.08. The number of carbonyl (C=O) groups is 2. The molecule has 0 fully saturated rings. The van der Waals surface area contributed by atoms with Crippen LogP contribution in [0.2, 0.25) is 0 Å². The van der Waals surface area contributed by atoms with E-state index in [-0.39, 0.29) is 16.7 Å². The van der Waals surface area contributed by atoms with Gasteiger partial charge in [-0.2, -0.15) is 0 Å². The molecule has 0 saturated carbocycles. The minimum atomic E-state index is -1.95. The molecule has 31 heavy (non-hydrogen) atoms. The van der Waals surface area contributed by atoms with Crippen molar-refractivity contribution in [2.45, 2.75) is 10.2 Å². The second-order valence-corrected chi connectivity index (χ2v) is 9.96. The van der Waals surface area contributed by atoms with Gasteiger partial charge in [0.2, 0.25) is 0 Å². The van der Waals surface area contributed by atoms with Crippen molar-refractivity contribution in [3.63, 3.8) is 0 Å². The van der Waals surface area contributed by atoms with Gasteiger partial charge in [-0.3, -0.25) is 9.59 Å². The van der Waals surface area contributed by atoms with E-state index in [1.807, 2.05) is 0 Å². The average Bonchev–Trinajstić information content (AvgIpc) is 2.74. The molecule has 4 nitrogen and oxygen atoms in total. The number of ketones is 2. The largest absolute Gasteiger partial charge is 0.497 e. The SMILES string of the molecule is COc1ccc(C(=O)CC(C(C=C(Cl)Cl)C(=O)c2ccc(OC)cc2)C(Cl)(Cl)Cl)cc1. The zero-order valence-corrected chi connectivity index (χ0v) is 20.4. The molecule has 0 saturated heterocycles. The lowest BCUT2D eigenvalue weighted by molar-refractivity contribution is 0.0874. The quantitative estimate of drug-likeness (QED) is 0.260. The third-order valence-corrected chi connectivity index (χ3v) is 5.75. The minimum Gasteiger partial charge on any atom is -0.497 e. The van der Waals surface area contributed by atoms with Gasteiger partial charge >= 0.3 is 0 Å². The van der Waals surface area contributed by atoms with E-state index >= 15 is 0 Å². The lowest BCUT2D eigenvalue weighted by Gasteiger charge is -2.29. The van der Waals surface area contributed by atoms with Crippen molar-refractivity contribution in [3.05, 3.63) is 70.2 Å². The number of rotatable bonds is 9. The summed E-state index contributed by atoms with van der Waals surface area (Å²) in [4.78, 5) is 26.2. The van der Waals surface area contributed by atoms with Gasteiger partial charge in [0.15, 0.2) is 15.4 Å². The van der Waals surface area contributed by atoms with Crippen molar-refractivity contribution in [2.75, 3.05) is 14.2 Å². The van der Waals surface area contributed by atoms with Crippen LogP contribution in [0.3, 0.4) is 0 Å². The van der Waals surface area contributed by atoms with Gasteiger partial charge in [0.25, 0.3) is 0 Å². The summed E-state index contributed by atoms with van der Waals surface area (Å²) in [6.07, 6.45) is 1.05. The summed E-state index contributed by atoms with van der Waals surface area (Å²) < 4.78 is 8.08. The van der Waals surface area contributed by atoms with E-state index in [4.69, 9.17) is 67.5 Å². The van der Waals surface area contributed by atoms with Crippen LogP contribution in [0.25, 0.3) is 0 Å². The topological polar surface area (TPSA) is 52.6 Å². The molecule has 166 valence electrons. The number of methoxy groups -OCH3 is 2. The molecule has 0 N–H and O–H groups in total. The molecule has 9 heteroatoms. The first-order chi connectivity index (χ1) is 14.6. The van der Waals surface area contributed by atoms with Crippen molar-refractivity contribution in [3.8, 4) is 11.5 Å². The number of halogens is 5. The van der Waals surface area contributed by atoms with Gasteiger partial charge in [-0.1, -0.05) is 58.0 Å². The maximum absolute atomic E-state index is 13.3. The van der Waals surface area contributed by atoms with E-state index in [1.165, 1.54) is 20.3 Å². The van der Waals surface area contributed by atoms with Crippen LogP contribution in [0.1, 0.15) is 27.1 Å². The van der Waals surface area contributed by atoms with Crippen LogP contribution in [0.5, 0.6) is 11.5 Å². The Morgan fingerprint density at radius 2 is 1.32 bits per heavy atom. The lowest BCUT2D eigenvalue weighted by Crippen LogP contribution is -2.34. The molecule has 2 unspecified atom stereocenters. The van der Waals surface area contributed by atoms with E-state index in [2.05, 4.69) is 0 Å². The summed E-state index contributed by atoms with van der Waals surface area (Å²) in [7, 11) is 3.03. The Morgan fingerprint density at radius 3 is 1.71 bits per heavy atom. The van der Waals surface area contributed by atoms with Gasteiger partial charge < -0.3 is 9.47 Å². The molecule has 0 amide bonds. The molecule has 2 atom stereocenters. The number of hydrogen-bond donors (Lipinski definition) is 0.